The highest BCUT2D eigenvalue weighted by Gasteiger charge is 2.39. The minimum Gasteiger partial charge on any atom is -0.457 e. The zero-order valence-corrected chi connectivity index (χ0v) is 16.3. The molecule has 10 heteroatoms. The number of hydrogen-bond acceptors (Lipinski definition) is 7. The van der Waals surface area contributed by atoms with Crippen molar-refractivity contribution in [2.75, 3.05) is 5.75 Å². The molecule has 0 radical (unpaired) electrons. The van der Waals surface area contributed by atoms with Crippen molar-refractivity contribution in [2.45, 2.75) is 6.92 Å². The standard InChI is InChI=1S/C18H14N4O4S2/c1-2-28(24,25)18-21-22-15(19)13(16(23)20-17(22)27-18)10-12-8-9-14(26-12)11-6-4-3-5-7-11/h3-10,19H,2H2,1H3/b13-10+,19-15?. The summed E-state index contributed by atoms with van der Waals surface area (Å²) >= 11 is 0.769. The molecule has 0 saturated heterocycles. The highest BCUT2D eigenvalue weighted by atomic mass is 32.3. The number of benzene rings is 1. The lowest BCUT2D eigenvalue weighted by Crippen LogP contribution is -2.35. The normalized spacial score (nSPS) is 18.3. The number of hydrazone groups is 1. The van der Waals surface area contributed by atoms with Gasteiger partial charge in [-0.15, -0.1) is 5.10 Å². The van der Waals surface area contributed by atoms with Crippen LogP contribution in [0.15, 0.2) is 62.5 Å². The number of furan rings is 1. The van der Waals surface area contributed by atoms with E-state index >= 15 is 0 Å². The summed E-state index contributed by atoms with van der Waals surface area (Å²) in [6, 6.07) is 12.9. The lowest BCUT2D eigenvalue weighted by Gasteiger charge is -2.19. The summed E-state index contributed by atoms with van der Waals surface area (Å²) in [5.41, 5.74) is 0.852. The fourth-order valence-corrected chi connectivity index (χ4v) is 4.72. The van der Waals surface area contributed by atoms with Crippen LogP contribution in [0.5, 0.6) is 0 Å². The van der Waals surface area contributed by atoms with Crippen LogP contribution in [-0.2, 0) is 14.6 Å². The maximum absolute atomic E-state index is 12.4. The average molecular weight is 414 g/mol. The van der Waals surface area contributed by atoms with Gasteiger partial charge in [-0.3, -0.25) is 10.2 Å². The molecular weight excluding hydrogens is 400 g/mol. The molecule has 3 heterocycles. The number of nitrogens with one attached hydrogen (secondary N) is 1. The number of fused-ring (bicyclic) bond motifs is 1. The Morgan fingerprint density at radius 2 is 1.96 bits per heavy atom. The van der Waals surface area contributed by atoms with Crippen molar-refractivity contribution in [1.29, 1.82) is 5.41 Å². The van der Waals surface area contributed by atoms with E-state index in [0.29, 0.717) is 11.5 Å². The quantitative estimate of drug-likeness (QED) is 0.772. The van der Waals surface area contributed by atoms with Crippen molar-refractivity contribution < 1.29 is 17.6 Å². The molecule has 0 aliphatic carbocycles. The number of hydrogen-bond donors (Lipinski definition) is 1. The van der Waals surface area contributed by atoms with Crippen LogP contribution in [-0.4, -0.2) is 40.5 Å². The van der Waals surface area contributed by atoms with Crippen LogP contribution in [0.4, 0.5) is 0 Å². The fraction of sp³-hybridized carbons (Fsp3) is 0.111. The van der Waals surface area contributed by atoms with Crippen LogP contribution in [0.25, 0.3) is 17.4 Å². The van der Waals surface area contributed by atoms with E-state index < -0.39 is 15.7 Å². The topological polar surface area (TPSA) is 116 Å². The van der Waals surface area contributed by atoms with E-state index in [0.717, 1.165) is 22.3 Å². The third kappa shape index (κ3) is 3.20. The molecular formula is C18H14N4O4S2. The zero-order chi connectivity index (χ0) is 19.9. The summed E-state index contributed by atoms with van der Waals surface area (Å²) in [4.78, 5) is 16.2. The average Bonchev–Trinajstić information content (AvgIpc) is 3.33. The van der Waals surface area contributed by atoms with E-state index in [1.807, 2.05) is 30.3 Å². The molecule has 2 aliphatic heterocycles. The summed E-state index contributed by atoms with van der Waals surface area (Å²) in [5.74, 6) is -0.0213. The van der Waals surface area contributed by atoms with Gasteiger partial charge in [0.05, 0.1) is 11.3 Å². The lowest BCUT2D eigenvalue weighted by atomic mass is 10.1. The number of carbonyl (C=O) groups is 1. The van der Waals surface area contributed by atoms with Gasteiger partial charge in [0.25, 0.3) is 5.91 Å². The highest BCUT2D eigenvalue weighted by Crippen LogP contribution is 2.31. The predicted octanol–water partition coefficient (Wildman–Crippen LogP) is 2.96. The van der Waals surface area contributed by atoms with Crippen LogP contribution in [0.1, 0.15) is 12.7 Å². The van der Waals surface area contributed by atoms with Gasteiger partial charge in [0.2, 0.25) is 19.4 Å². The van der Waals surface area contributed by atoms with Crippen LogP contribution in [0.2, 0.25) is 0 Å². The molecule has 0 bridgehead atoms. The number of sulfone groups is 1. The molecule has 1 aromatic heterocycles. The van der Waals surface area contributed by atoms with Crippen LogP contribution in [0, 0.1) is 5.41 Å². The molecule has 0 atom stereocenters. The van der Waals surface area contributed by atoms with Crippen molar-refractivity contribution in [1.82, 2.24) is 5.01 Å². The van der Waals surface area contributed by atoms with Gasteiger partial charge < -0.3 is 4.42 Å². The van der Waals surface area contributed by atoms with Crippen molar-refractivity contribution in [3.8, 4) is 11.3 Å². The monoisotopic (exact) mass is 414 g/mol. The summed E-state index contributed by atoms with van der Waals surface area (Å²) < 4.78 is 29.6. The van der Waals surface area contributed by atoms with E-state index in [2.05, 4.69) is 10.1 Å². The molecule has 2 aromatic rings. The summed E-state index contributed by atoms with van der Waals surface area (Å²) in [5, 5.41) is 13.3. The highest BCUT2D eigenvalue weighted by molar-refractivity contribution is 8.42. The summed E-state index contributed by atoms with van der Waals surface area (Å²) in [7, 11) is -3.56. The van der Waals surface area contributed by atoms with Crippen LogP contribution >= 0.6 is 11.8 Å². The second-order valence-electron chi connectivity index (χ2n) is 5.86. The minimum atomic E-state index is -3.56. The molecule has 1 aromatic carbocycles. The maximum Gasteiger partial charge on any atom is 0.283 e. The molecule has 1 amide bonds. The zero-order valence-electron chi connectivity index (χ0n) is 14.6. The summed E-state index contributed by atoms with van der Waals surface area (Å²) in [6.07, 6.45) is 1.41. The Morgan fingerprint density at radius 3 is 2.68 bits per heavy atom. The molecule has 0 spiro atoms. The molecule has 0 fully saturated rings. The third-order valence-electron chi connectivity index (χ3n) is 4.05. The number of amidine groups is 2. The van der Waals surface area contributed by atoms with E-state index in [9.17, 15) is 13.2 Å². The largest absolute Gasteiger partial charge is 0.457 e. The summed E-state index contributed by atoms with van der Waals surface area (Å²) in [6.45, 7) is 1.50. The number of aliphatic imine (C=N–C) groups is 1. The molecule has 8 nitrogen and oxygen atoms in total. The fourth-order valence-electron chi connectivity index (χ4n) is 2.55. The first-order chi connectivity index (χ1) is 13.4. The molecule has 0 unspecified atom stereocenters. The molecule has 4 rings (SSSR count). The lowest BCUT2D eigenvalue weighted by molar-refractivity contribution is -0.114. The van der Waals surface area contributed by atoms with E-state index in [1.54, 1.807) is 12.1 Å². The third-order valence-corrected chi connectivity index (χ3v) is 7.14. The first-order valence-electron chi connectivity index (χ1n) is 8.27. The Bertz CT molecular complexity index is 1180. The Labute approximate surface area is 165 Å². The Kier molecular flexibility index (Phi) is 4.52. The maximum atomic E-state index is 12.4. The van der Waals surface area contributed by atoms with Crippen molar-refractivity contribution in [2.24, 2.45) is 10.1 Å². The van der Waals surface area contributed by atoms with Crippen molar-refractivity contribution in [3.63, 3.8) is 0 Å². The Balaban J connectivity index is 1.66. The van der Waals surface area contributed by atoms with Gasteiger partial charge >= 0.3 is 0 Å². The second-order valence-corrected chi connectivity index (χ2v) is 9.27. The van der Waals surface area contributed by atoms with E-state index in [-0.39, 0.29) is 26.7 Å². The van der Waals surface area contributed by atoms with Gasteiger partial charge in [-0.25, -0.2) is 8.42 Å². The van der Waals surface area contributed by atoms with Gasteiger partial charge in [-0.2, -0.15) is 10.0 Å². The van der Waals surface area contributed by atoms with Crippen LogP contribution < -0.4 is 0 Å². The van der Waals surface area contributed by atoms with Gasteiger partial charge in [0.1, 0.15) is 11.5 Å². The SMILES string of the molecule is CCS(=O)(=O)C1=NN2C(=N)/C(=C\c3ccc(-c4ccccc4)o3)C(=O)N=C2S1. The predicted molar refractivity (Wildman–Crippen MR) is 109 cm³/mol. The Hall–Kier alpha value is -2.98. The van der Waals surface area contributed by atoms with Crippen LogP contribution in [0.3, 0.4) is 0 Å². The molecule has 2 aliphatic rings. The number of nitrogens with zero attached hydrogens (tertiary/aromatic N) is 3. The van der Waals surface area contributed by atoms with E-state index in [1.165, 1.54) is 13.0 Å². The van der Waals surface area contributed by atoms with E-state index in [4.69, 9.17) is 9.83 Å². The first-order valence-corrected chi connectivity index (χ1v) is 10.7. The van der Waals surface area contributed by atoms with Crippen molar-refractivity contribution >= 4 is 49.0 Å². The number of carbonyl (C=O) groups excluding carboxylic acids is 1. The number of thioether (sulfide) groups is 1. The molecule has 0 saturated carbocycles. The minimum absolute atomic E-state index is 0.0304. The Morgan fingerprint density at radius 1 is 1.21 bits per heavy atom. The molecule has 142 valence electrons. The van der Waals surface area contributed by atoms with Crippen molar-refractivity contribution in [3.05, 3.63) is 53.8 Å². The smallest absolute Gasteiger partial charge is 0.283 e. The molecule has 1 N–H and O–H groups in total. The van der Waals surface area contributed by atoms with Gasteiger partial charge in [-0.05, 0) is 30.0 Å². The van der Waals surface area contributed by atoms with Gasteiger partial charge in [-0.1, -0.05) is 37.3 Å². The first kappa shape index (κ1) is 18.4. The number of amides is 1. The number of rotatable bonds is 3. The molecule has 28 heavy (non-hydrogen) atoms. The van der Waals surface area contributed by atoms with Gasteiger partial charge in [0, 0.05) is 5.56 Å². The second kappa shape index (κ2) is 6.88. The van der Waals surface area contributed by atoms with Gasteiger partial charge in [0.15, 0.2) is 5.84 Å².